The first-order valence-electron chi connectivity index (χ1n) is 8.31. The molecule has 146 valence electrons. The maximum atomic E-state index is 14.5. The molecule has 0 bridgehead atoms. The molecule has 0 radical (unpaired) electrons. The van der Waals surface area contributed by atoms with Gasteiger partial charge < -0.3 is 14.9 Å². The highest BCUT2D eigenvalue weighted by atomic mass is 79.9. The number of rotatable bonds is 6. The van der Waals surface area contributed by atoms with Gasteiger partial charge in [-0.05, 0) is 58.2 Å². The van der Waals surface area contributed by atoms with Gasteiger partial charge in [-0.15, -0.1) is 0 Å². The smallest absolute Gasteiger partial charge is 0.254 e. The lowest BCUT2D eigenvalue weighted by atomic mass is 10.1. The third-order valence-corrected chi connectivity index (χ3v) is 4.96. The molecule has 2 aromatic carbocycles. The first-order valence-corrected chi connectivity index (χ1v) is 9.48. The molecule has 0 aliphatic carbocycles. The van der Waals surface area contributed by atoms with Crippen LogP contribution in [-0.4, -0.2) is 5.91 Å². The zero-order chi connectivity index (χ0) is 20.4. The first-order chi connectivity index (χ1) is 13.3. The summed E-state index contributed by atoms with van der Waals surface area (Å²) >= 11 is 9.29. The van der Waals surface area contributed by atoms with E-state index in [-0.39, 0.29) is 5.75 Å². The van der Waals surface area contributed by atoms with Crippen LogP contribution in [0.15, 0.2) is 51.6 Å². The Balaban J connectivity index is 1.93. The lowest BCUT2D eigenvalue weighted by Gasteiger charge is -2.16. The molecule has 3 aromatic rings. The number of carbonyl (C=O) groups excluding carboxylic acids is 1. The van der Waals surface area contributed by atoms with E-state index in [4.69, 9.17) is 26.5 Å². The van der Waals surface area contributed by atoms with Gasteiger partial charge in [-0.1, -0.05) is 30.7 Å². The van der Waals surface area contributed by atoms with E-state index in [0.717, 1.165) is 23.3 Å². The van der Waals surface area contributed by atoms with Gasteiger partial charge in [0.15, 0.2) is 22.3 Å². The normalized spacial score (nSPS) is 12.0. The zero-order valence-corrected chi connectivity index (χ0v) is 17.0. The highest BCUT2D eigenvalue weighted by molar-refractivity contribution is 9.10. The lowest BCUT2D eigenvalue weighted by molar-refractivity contribution is 0.0989. The topological polar surface area (TPSA) is 65.5 Å². The van der Waals surface area contributed by atoms with E-state index in [1.165, 1.54) is 0 Å². The number of carbonyl (C=O) groups is 1. The fourth-order valence-electron chi connectivity index (χ4n) is 2.72. The Morgan fingerprint density at radius 3 is 2.54 bits per heavy atom. The summed E-state index contributed by atoms with van der Waals surface area (Å²) in [6, 6.07) is 11.0. The molecule has 0 fully saturated rings. The van der Waals surface area contributed by atoms with Crippen LogP contribution in [0.3, 0.4) is 0 Å². The summed E-state index contributed by atoms with van der Waals surface area (Å²) in [7, 11) is 0. The van der Waals surface area contributed by atoms with Crippen LogP contribution < -0.4 is 10.5 Å². The standard InChI is InChI=1S/C20H15BrClF2NO3/c1-2-14(27-15-8-7-13(23)17(18(15)24)20(25)26)16-9-12(19(21)28-16)10-3-5-11(22)6-4-10/h3-9,14H,2H2,1H3,(H2,25,26). The predicted octanol–water partition coefficient (Wildman–Crippen LogP) is 6.27. The molecule has 0 aliphatic rings. The lowest BCUT2D eigenvalue weighted by Crippen LogP contribution is -2.17. The molecule has 0 saturated carbocycles. The van der Waals surface area contributed by atoms with Crippen LogP contribution in [0, 0.1) is 11.6 Å². The highest BCUT2D eigenvalue weighted by Gasteiger charge is 2.24. The van der Waals surface area contributed by atoms with Crippen molar-refractivity contribution in [1.82, 2.24) is 0 Å². The first kappa shape index (κ1) is 20.4. The molecule has 1 atom stereocenters. The minimum absolute atomic E-state index is 0.289. The number of hydrogen-bond acceptors (Lipinski definition) is 3. The fraction of sp³-hybridized carbons (Fsp3) is 0.150. The molecule has 4 nitrogen and oxygen atoms in total. The molecule has 2 N–H and O–H groups in total. The molecule has 28 heavy (non-hydrogen) atoms. The number of amides is 1. The van der Waals surface area contributed by atoms with Crippen molar-refractivity contribution in [3.8, 4) is 16.9 Å². The van der Waals surface area contributed by atoms with Gasteiger partial charge in [0.2, 0.25) is 0 Å². The van der Waals surface area contributed by atoms with Crippen LogP contribution in [0.4, 0.5) is 8.78 Å². The quantitative estimate of drug-likeness (QED) is 0.462. The molecule has 3 rings (SSSR count). The summed E-state index contributed by atoms with van der Waals surface area (Å²) < 4.78 is 40.0. The Morgan fingerprint density at radius 1 is 1.25 bits per heavy atom. The van der Waals surface area contributed by atoms with Crippen molar-refractivity contribution >= 4 is 33.4 Å². The maximum Gasteiger partial charge on any atom is 0.254 e. The molecule has 0 saturated heterocycles. The summed E-state index contributed by atoms with van der Waals surface area (Å²) in [5.41, 5.74) is 5.85. The zero-order valence-electron chi connectivity index (χ0n) is 14.6. The van der Waals surface area contributed by atoms with E-state index in [2.05, 4.69) is 15.9 Å². The van der Waals surface area contributed by atoms with Crippen LogP contribution >= 0.6 is 27.5 Å². The van der Waals surface area contributed by atoms with Crippen LogP contribution in [0.1, 0.15) is 35.6 Å². The van der Waals surface area contributed by atoms with E-state index in [9.17, 15) is 13.6 Å². The van der Waals surface area contributed by atoms with Gasteiger partial charge >= 0.3 is 0 Å². The van der Waals surface area contributed by atoms with Crippen molar-refractivity contribution in [2.45, 2.75) is 19.4 Å². The minimum Gasteiger partial charge on any atom is -0.479 e. The summed E-state index contributed by atoms with van der Waals surface area (Å²) in [5, 5.41) is 0.607. The van der Waals surface area contributed by atoms with Gasteiger partial charge in [-0.25, -0.2) is 8.78 Å². The van der Waals surface area contributed by atoms with Gasteiger partial charge in [0, 0.05) is 10.6 Å². The second-order valence-corrected chi connectivity index (χ2v) is 7.11. The summed E-state index contributed by atoms with van der Waals surface area (Å²) in [4.78, 5) is 11.3. The van der Waals surface area contributed by atoms with Gasteiger partial charge in [0.25, 0.3) is 5.91 Å². The van der Waals surface area contributed by atoms with Crippen LogP contribution in [0.2, 0.25) is 5.02 Å². The molecular formula is C20H15BrClF2NO3. The van der Waals surface area contributed by atoms with E-state index in [0.29, 0.717) is 21.9 Å². The van der Waals surface area contributed by atoms with Crippen molar-refractivity contribution in [2.24, 2.45) is 5.73 Å². The molecule has 1 heterocycles. The summed E-state index contributed by atoms with van der Waals surface area (Å²) in [6.45, 7) is 1.82. The predicted molar refractivity (Wildman–Crippen MR) is 105 cm³/mol. The number of primary amides is 1. The molecule has 8 heteroatoms. The Bertz CT molecular complexity index is 1020. The van der Waals surface area contributed by atoms with Crippen molar-refractivity contribution in [2.75, 3.05) is 0 Å². The molecule has 1 unspecified atom stereocenters. The van der Waals surface area contributed by atoms with Gasteiger partial charge in [0.05, 0.1) is 0 Å². The minimum atomic E-state index is -1.21. The Labute approximate surface area is 173 Å². The fourth-order valence-corrected chi connectivity index (χ4v) is 3.37. The third kappa shape index (κ3) is 4.05. The van der Waals surface area contributed by atoms with E-state index >= 15 is 0 Å². The number of halogens is 4. The average Bonchev–Trinajstić information content (AvgIpc) is 3.03. The Hall–Kier alpha value is -2.38. The second kappa shape index (κ2) is 8.32. The molecule has 0 aliphatic heterocycles. The third-order valence-electron chi connectivity index (χ3n) is 4.12. The van der Waals surface area contributed by atoms with Crippen LogP contribution in [0.5, 0.6) is 5.75 Å². The molecular weight excluding hydrogens is 456 g/mol. The van der Waals surface area contributed by atoms with Gasteiger partial charge in [0.1, 0.15) is 17.1 Å². The van der Waals surface area contributed by atoms with Gasteiger partial charge in [-0.2, -0.15) is 0 Å². The summed E-state index contributed by atoms with van der Waals surface area (Å²) in [6.07, 6.45) is -0.235. The highest BCUT2D eigenvalue weighted by Crippen LogP contribution is 2.37. The SMILES string of the molecule is CCC(Oc1ccc(F)c(C(N)=O)c1F)c1cc(-c2ccc(Cl)cc2)c(Br)o1. The second-order valence-electron chi connectivity index (χ2n) is 5.96. The summed E-state index contributed by atoms with van der Waals surface area (Å²) in [5.74, 6) is -3.25. The van der Waals surface area contributed by atoms with E-state index in [1.54, 1.807) is 18.2 Å². The number of benzene rings is 2. The van der Waals surface area contributed by atoms with Gasteiger partial charge in [-0.3, -0.25) is 4.79 Å². The van der Waals surface area contributed by atoms with Crippen molar-refractivity contribution in [1.29, 1.82) is 0 Å². The van der Waals surface area contributed by atoms with Crippen LogP contribution in [0.25, 0.3) is 11.1 Å². The van der Waals surface area contributed by atoms with Crippen molar-refractivity contribution in [3.05, 3.63) is 75.1 Å². The average molecular weight is 471 g/mol. The number of hydrogen-bond donors (Lipinski definition) is 1. The largest absolute Gasteiger partial charge is 0.479 e. The number of furan rings is 1. The maximum absolute atomic E-state index is 14.5. The number of ether oxygens (including phenoxy) is 1. The molecule has 0 spiro atoms. The monoisotopic (exact) mass is 469 g/mol. The molecule has 1 aromatic heterocycles. The molecule has 1 amide bonds. The van der Waals surface area contributed by atoms with Crippen molar-refractivity contribution < 1.29 is 22.7 Å². The van der Waals surface area contributed by atoms with Crippen molar-refractivity contribution in [3.63, 3.8) is 0 Å². The van der Waals surface area contributed by atoms with E-state index < -0.39 is 29.2 Å². The van der Waals surface area contributed by atoms with Crippen LogP contribution in [-0.2, 0) is 0 Å². The Morgan fingerprint density at radius 2 is 1.93 bits per heavy atom. The number of nitrogens with two attached hydrogens (primary N) is 1. The Kier molecular flexibility index (Phi) is 6.05. The van der Waals surface area contributed by atoms with E-state index in [1.807, 2.05) is 19.1 Å².